The molecule has 1 N–H and O–H groups in total. The number of carbonyl (C=O) groups is 2. The molecular formula is C26H28FN5O3S. The molecule has 2 amide bonds. The van der Waals surface area contributed by atoms with E-state index in [0.29, 0.717) is 34.9 Å². The number of hydrogen-bond acceptors (Lipinski definition) is 6. The lowest BCUT2D eigenvalue weighted by molar-refractivity contribution is -0.000897. The van der Waals surface area contributed by atoms with Crippen molar-refractivity contribution >= 4 is 23.3 Å². The van der Waals surface area contributed by atoms with Gasteiger partial charge in [0.1, 0.15) is 34.0 Å². The van der Waals surface area contributed by atoms with Crippen LogP contribution < -0.4 is 5.32 Å². The highest BCUT2D eigenvalue weighted by molar-refractivity contribution is 7.13. The molecule has 1 unspecified atom stereocenters. The van der Waals surface area contributed by atoms with Crippen LogP contribution in [0.3, 0.4) is 0 Å². The molecule has 0 saturated carbocycles. The number of thiazole rings is 1. The van der Waals surface area contributed by atoms with Gasteiger partial charge in [-0.25, -0.2) is 19.2 Å². The highest BCUT2D eigenvalue weighted by Crippen LogP contribution is 2.38. The largest absolute Gasteiger partial charge is 0.444 e. The summed E-state index contributed by atoms with van der Waals surface area (Å²) in [5.74, 6) is 1.64. The molecule has 3 aromatic rings. The minimum atomic E-state index is -0.633. The van der Waals surface area contributed by atoms with E-state index in [1.54, 1.807) is 28.7 Å². The van der Waals surface area contributed by atoms with Crippen molar-refractivity contribution in [3.8, 4) is 34.3 Å². The summed E-state index contributed by atoms with van der Waals surface area (Å²) in [6, 6.07) is 6.02. The zero-order chi connectivity index (χ0) is 25.9. The first-order valence-electron chi connectivity index (χ1n) is 11.7. The van der Waals surface area contributed by atoms with E-state index in [4.69, 9.17) is 11.2 Å². The van der Waals surface area contributed by atoms with Gasteiger partial charge in [0.05, 0.1) is 18.6 Å². The third kappa shape index (κ3) is 5.57. The van der Waals surface area contributed by atoms with Crippen LogP contribution in [-0.4, -0.2) is 50.1 Å². The molecule has 1 atom stereocenters. The molecule has 2 aromatic heterocycles. The van der Waals surface area contributed by atoms with Crippen molar-refractivity contribution in [2.24, 2.45) is 0 Å². The van der Waals surface area contributed by atoms with E-state index in [9.17, 15) is 14.0 Å². The van der Waals surface area contributed by atoms with E-state index in [0.717, 1.165) is 12.8 Å². The van der Waals surface area contributed by atoms with Crippen molar-refractivity contribution in [3.05, 3.63) is 47.5 Å². The van der Waals surface area contributed by atoms with Gasteiger partial charge in [0.2, 0.25) is 0 Å². The van der Waals surface area contributed by atoms with Gasteiger partial charge in [0, 0.05) is 17.5 Å². The van der Waals surface area contributed by atoms with Crippen LogP contribution in [0, 0.1) is 18.2 Å². The Bertz CT molecular complexity index is 1290. The molecule has 3 heterocycles. The Balaban J connectivity index is 1.79. The summed E-state index contributed by atoms with van der Waals surface area (Å²) in [5.41, 5.74) is 1.51. The zero-order valence-electron chi connectivity index (χ0n) is 20.5. The number of amides is 2. The molecule has 0 spiro atoms. The molecule has 0 radical (unpaired) electrons. The number of ether oxygens (including phenoxy) is 1. The Morgan fingerprint density at radius 1 is 1.28 bits per heavy atom. The molecule has 10 heteroatoms. The maximum absolute atomic E-state index is 13.6. The van der Waals surface area contributed by atoms with Gasteiger partial charge < -0.3 is 14.6 Å². The first-order valence-corrected chi connectivity index (χ1v) is 12.6. The molecule has 0 bridgehead atoms. The molecule has 1 aromatic carbocycles. The van der Waals surface area contributed by atoms with Crippen LogP contribution in [0.15, 0.2) is 36.0 Å². The number of halogens is 1. The van der Waals surface area contributed by atoms with E-state index in [-0.39, 0.29) is 30.1 Å². The van der Waals surface area contributed by atoms with E-state index < -0.39 is 11.7 Å². The minimum absolute atomic E-state index is 0.0946. The Morgan fingerprint density at radius 3 is 2.72 bits per heavy atom. The monoisotopic (exact) mass is 509 g/mol. The molecule has 0 aliphatic carbocycles. The van der Waals surface area contributed by atoms with Gasteiger partial charge in [0.15, 0.2) is 0 Å². The lowest BCUT2D eigenvalue weighted by Gasteiger charge is -2.37. The van der Waals surface area contributed by atoms with Crippen LogP contribution in [0.1, 0.15) is 56.7 Å². The van der Waals surface area contributed by atoms with Crippen molar-refractivity contribution < 1.29 is 18.7 Å². The van der Waals surface area contributed by atoms with E-state index in [1.807, 2.05) is 25.3 Å². The van der Waals surface area contributed by atoms with Gasteiger partial charge in [-0.15, -0.1) is 17.8 Å². The van der Waals surface area contributed by atoms with Gasteiger partial charge >= 0.3 is 6.09 Å². The first kappa shape index (κ1) is 25.4. The fourth-order valence-corrected chi connectivity index (χ4v) is 4.91. The number of imidazole rings is 1. The zero-order valence-corrected chi connectivity index (χ0v) is 21.3. The van der Waals surface area contributed by atoms with Crippen LogP contribution in [0.2, 0.25) is 0 Å². The number of nitrogens with one attached hydrogen (secondary N) is 1. The van der Waals surface area contributed by atoms with E-state index in [2.05, 4.69) is 21.2 Å². The highest BCUT2D eigenvalue weighted by atomic mass is 32.1. The van der Waals surface area contributed by atoms with Gasteiger partial charge in [-0.1, -0.05) is 5.92 Å². The maximum Gasteiger partial charge on any atom is 0.411 e. The van der Waals surface area contributed by atoms with Gasteiger partial charge in [0.25, 0.3) is 5.91 Å². The molecule has 36 heavy (non-hydrogen) atoms. The highest BCUT2D eigenvalue weighted by Gasteiger charge is 2.34. The Kier molecular flexibility index (Phi) is 7.40. The third-order valence-corrected chi connectivity index (χ3v) is 6.47. The Hall–Kier alpha value is -3.71. The van der Waals surface area contributed by atoms with Crippen LogP contribution in [0.25, 0.3) is 22.0 Å². The number of nitrogens with zero attached hydrogens (tertiary/aromatic N) is 4. The molecule has 1 fully saturated rings. The molecule has 4 rings (SSSR count). The second kappa shape index (κ2) is 10.5. The van der Waals surface area contributed by atoms with Crippen molar-refractivity contribution in [3.63, 3.8) is 0 Å². The second-order valence-corrected chi connectivity index (χ2v) is 10.3. The van der Waals surface area contributed by atoms with Crippen molar-refractivity contribution in [1.82, 2.24) is 24.8 Å². The van der Waals surface area contributed by atoms with Crippen molar-refractivity contribution in [2.75, 3.05) is 13.1 Å². The number of terminal acetylenes is 1. The number of rotatable bonds is 5. The number of likely N-dealkylation sites (tertiary alicyclic amines) is 1. The summed E-state index contributed by atoms with van der Waals surface area (Å²) >= 11 is 1.29. The molecule has 188 valence electrons. The number of piperidine rings is 1. The summed E-state index contributed by atoms with van der Waals surface area (Å²) in [6.07, 6.45) is 8.65. The maximum atomic E-state index is 13.6. The van der Waals surface area contributed by atoms with Crippen LogP contribution in [0.4, 0.5) is 9.18 Å². The summed E-state index contributed by atoms with van der Waals surface area (Å²) in [5, 5.41) is 4.82. The number of benzene rings is 1. The lowest BCUT2D eigenvalue weighted by Crippen LogP contribution is -2.44. The summed E-state index contributed by atoms with van der Waals surface area (Å²) < 4.78 is 21.2. The Morgan fingerprint density at radius 2 is 2.03 bits per heavy atom. The predicted molar refractivity (Wildman–Crippen MR) is 136 cm³/mol. The predicted octanol–water partition coefficient (Wildman–Crippen LogP) is 5.10. The second-order valence-electron chi connectivity index (χ2n) is 9.43. The average molecular weight is 510 g/mol. The lowest BCUT2D eigenvalue weighted by atomic mass is 10.1. The SMILES string of the molecule is C#CCNC(=O)c1csc(-c2c(-c3ccc(F)cc3)ncn2C2CCCCN2C(=O)OC(C)(C)C)n1. The van der Waals surface area contributed by atoms with Gasteiger partial charge in [-0.3, -0.25) is 9.69 Å². The first-order chi connectivity index (χ1) is 17.2. The summed E-state index contributed by atoms with van der Waals surface area (Å²) in [6.45, 7) is 6.14. The smallest absolute Gasteiger partial charge is 0.411 e. The molecule has 1 aliphatic heterocycles. The summed E-state index contributed by atoms with van der Waals surface area (Å²) in [4.78, 5) is 36.5. The molecular weight excluding hydrogens is 481 g/mol. The molecule has 1 saturated heterocycles. The van der Waals surface area contributed by atoms with Crippen LogP contribution in [-0.2, 0) is 4.74 Å². The summed E-state index contributed by atoms with van der Waals surface area (Å²) in [7, 11) is 0. The van der Waals surface area contributed by atoms with E-state index >= 15 is 0 Å². The third-order valence-electron chi connectivity index (χ3n) is 5.62. The van der Waals surface area contributed by atoms with Gasteiger partial charge in [-0.2, -0.15) is 0 Å². The van der Waals surface area contributed by atoms with Crippen molar-refractivity contribution in [2.45, 2.75) is 51.8 Å². The van der Waals surface area contributed by atoms with Gasteiger partial charge in [-0.05, 0) is 64.3 Å². The number of hydrogen-bond donors (Lipinski definition) is 1. The number of aromatic nitrogens is 3. The topological polar surface area (TPSA) is 89.4 Å². The minimum Gasteiger partial charge on any atom is -0.444 e. The standard InChI is InChI=1S/C26H28FN5O3S/c1-5-13-28-23(33)19-15-36-24(30-19)22-21(17-9-11-18(27)12-10-17)29-16-32(22)20-8-6-7-14-31(20)25(34)35-26(2,3)4/h1,9-12,15-16,20H,6-8,13-14H2,2-4H3,(H,28,33). The Labute approximate surface area is 213 Å². The van der Waals surface area contributed by atoms with Crippen LogP contribution >= 0.6 is 11.3 Å². The number of carbonyl (C=O) groups excluding carboxylic acids is 2. The molecule has 1 aliphatic rings. The quantitative estimate of drug-likeness (QED) is 0.484. The fourth-order valence-electron chi connectivity index (χ4n) is 4.06. The molecule has 8 nitrogen and oxygen atoms in total. The average Bonchev–Trinajstić information content (AvgIpc) is 3.49. The van der Waals surface area contributed by atoms with Crippen molar-refractivity contribution in [1.29, 1.82) is 0 Å². The van der Waals surface area contributed by atoms with E-state index in [1.165, 1.54) is 23.5 Å². The van der Waals surface area contributed by atoms with Crippen LogP contribution in [0.5, 0.6) is 0 Å². The normalized spacial score (nSPS) is 15.9. The fraction of sp³-hybridized carbons (Fsp3) is 0.385.